The van der Waals surface area contributed by atoms with Crippen molar-refractivity contribution in [1.29, 1.82) is 0 Å². The van der Waals surface area contributed by atoms with E-state index in [-0.39, 0.29) is 17.4 Å². The van der Waals surface area contributed by atoms with Crippen LogP contribution in [0.2, 0.25) is 0 Å². The number of H-pyrrole nitrogens is 2. The van der Waals surface area contributed by atoms with Gasteiger partial charge < -0.3 is 4.98 Å². The van der Waals surface area contributed by atoms with Gasteiger partial charge in [-0.1, -0.05) is 26.0 Å². The second-order valence-electron chi connectivity index (χ2n) is 4.89. The molecule has 1 aromatic carbocycles. The van der Waals surface area contributed by atoms with Crippen LogP contribution in [-0.2, 0) is 0 Å². The summed E-state index contributed by atoms with van der Waals surface area (Å²) in [5.41, 5.74) is 1.82. The van der Waals surface area contributed by atoms with E-state index in [9.17, 15) is 9.18 Å². The number of aromatic amines is 2. The van der Waals surface area contributed by atoms with E-state index >= 15 is 0 Å². The lowest BCUT2D eigenvalue weighted by Crippen LogP contribution is -2.00. The van der Waals surface area contributed by atoms with Crippen LogP contribution < -0.4 is 5.69 Å². The molecular formula is C14H13FN4O. The maximum Gasteiger partial charge on any atom is 0.325 e. The number of fused-ring (bicyclic) bond motifs is 1. The molecule has 0 fully saturated rings. The van der Waals surface area contributed by atoms with Crippen LogP contribution in [0.1, 0.15) is 25.3 Å². The highest BCUT2D eigenvalue weighted by Crippen LogP contribution is 2.29. The second-order valence-corrected chi connectivity index (χ2v) is 4.89. The van der Waals surface area contributed by atoms with Crippen LogP contribution in [0.5, 0.6) is 0 Å². The van der Waals surface area contributed by atoms with Gasteiger partial charge in [0.05, 0.1) is 6.20 Å². The summed E-state index contributed by atoms with van der Waals surface area (Å²) in [5, 5.41) is 0. The van der Waals surface area contributed by atoms with E-state index in [4.69, 9.17) is 0 Å². The number of benzene rings is 1. The third kappa shape index (κ3) is 1.99. The lowest BCUT2D eigenvalue weighted by molar-refractivity contribution is 0.599. The topological polar surface area (TPSA) is 74.4 Å². The molecule has 20 heavy (non-hydrogen) atoms. The lowest BCUT2D eigenvalue weighted by Gasteiger charge is -2.12. The first-order valence-corrected chi connectivity index (χ1v) is 6.30. The van der Waals surface area contributed by atoms with Gasteiger partial charge in [0.15, 0.2) is 11.5 Å². The Labute approximate surface area is 113 Å². The third-order valence-corrected chi connectivity index (χ3v) is 3.14. The molecule has 2 heterocycles. The first-order valence-electron chi connectivity index (χ1n) is 6.30. The third-order valence-electron chi connectivity index (χ3n) is 3.14. The van der Waals surface area contributed by atoms with E-state index in [1.807, 2.05) is 13.8 Å². The summed E-state index contributed by atoms with van der Waals surface area (Å²) in [6.45, 7) is 3.83. The minimum atomic E-state index is -0.338. The van der Waals surface area contributed by atoms with Gasteiger partial charge in [-0.25, -0.2) is 19.2 Å². The lowest BCUT2D eigenvalue weighted by atomic mass is 9.96. The molecule has 0 aliphatic heterocycles. The van der Waals surface area contributed by atoms with Crippen molar-refractivity contribution in [1.82, 2.24) is 19.9 Å². The fraction of sp³-hybridized carbons (Fsp3) is 0.214. The first-order chi connectivity index (χ1) is 9.56. The van der Waals surface area contributed by atoms with Crippen LogP contribution in [0.25, 0.3) is 22.6 Å². The van der Waals surface area contributed by atoms with E-state index in [1.54, 1.807) is 12.1 Å². The van der Waals surface area contributed by atoms with Gasteiger partial charge in [0.25, 0.3) is 0 Å². The molecule has 5 nitrogen and oxygen atoms in total. The Hall–Kier alpha value is -2.50. The molecule has 0 aliphatic carbocycles. The fourth-order valence-electron chi connectivity index (χ4n) is 2.28. The van der Waals surface area contributed by atoms with Crippen molar-refractivity contribution in [3.05, 3.63) is 46.3 Å². The van der Waals surface area contributed by atoms with Crippen molar-refractivity contribution >= 4 is 11.2 Å². The Kier molecular flexibility index (Phi) is 2.85. The number of nitrogens with one attached hydrogen (secondary N) is 2. The Morgan fingerprint density at radius 3 is 2.80 bits per heavy atom. The van der Waals surface area contributed by atoms with Gasteiger partial charge in [-0.2, -0.15) is 0 Å². The smallest absolute Gasteiger partial charge is 0.303 e. The van der Waals surface area contributed by atoms with Crippen LogP contribution in [0.3, 0.4) is 0 Å². The average Bonchev–Trinajstić information content (AvgIpc) is 2.76. The molecule has 0 bridgehead atoms. The highest BCUT2D eigenvalue weighted by molar-refractivity contribution is 5.72. The molecule has 3 rings (SSSR count). The van der Waals surface area contributed by atoms with Gasteiger partial charge >= 0.3 is 5.69 Å². The minimum Gasteiger partial charge on any atom is -0.303 e. The largest absolute Gasteiger partial charge is 0.325 e. The Morgan fingerprint density at radius 1 is 1.25 bits per heavy atom. The molecule has 3 aromatic rings. The number of imidazole rings is 1. The fourth-order valence-corrected chi connectivity index (χ4v) is 2.28. The summed E-state index contributed by atoms with van der Waals surface area (Å²) in [4.78, 5) is 24.9. The van der Waals surface area contributed by atoms with E-state index in [0.29, 0.717) is 28.1 Å². The van der Waals surface area contributed by atoms with Gasteiger partial charge in [-0.05, 0) is 12.0 Å². The van der Waals surface area contributed by atoms with Crippen molar-refractivity contribution in [2.45, 2.75) is 19.8 Å². The Balaban J connectivity index is 2.25. The first kappa shape index (κ1) is 12.5. The van der Waals surface area contributed by atoms with Crippen molar-refractivity contribution in [2.75, 3.05) is 0 Å². The van der Waals surface area contributed by atoms with Crippen molar-refractivity contribution < 1.29 is 4.39 Å². The molecule has 0 spiro atoms. The monoisotopic (exact) mass is 272 g/mol. The standard InChI is InChI=1S/C14H13FN4O/c1-7(2)11-8(4-3-5-9(11)15)12-16-6-10-13(18-12)19-14(20)17-10/h3-7H,1-2H3,(H2,16,17,18,19,20). The molecule has 6 heteroatoms. The van der Waals surface area contributed by atoms with Gasteiger partial charge in [-0.15, -0.1) is 0 Å². The van der Waals surface area contributed by atoms with E-state index in [2.05, 4.69) is 19.9 Å². The maximum absolute atomic E-state index is 14.0. The van der Waals surface area contributed by atoms with E-state index in [1.165, 1.54) is 12.3 Å². The minimum absolute atomic E-state index is 0.00997. The predicted molar refractivity (Wildman–Crippen MR) is 74.0 cm³/mol. The van der Waals surface area contributed by atoms with Crippen LogP contribution in [-0.4, -0.2) is 19.9 Å². The summed E-state index contributed by atoms with van der Waals surface area (Å²) >= 11 is 0. The predicted octanol–water partition coefficient (Wildman–Crippen LogP) is 2.58. The van der Waals surface area contributed by atoms with Gasteiger partial charge in [-0.3, -0.25) is 4.98 Å². The van der Waals surface area contributed by atoms with E-state index < -0.39 is 0 Å². The summed E-state index contributed by atoms with van der Waals surface area (Å²) in [6.07, 6.45) is 1.52. The van der Waals surface area contributed by atoms with Crippen LogP contribution >= 0.6 is 0 Å². The van der Waals surface area contributed by atoms with Gasteiger partial charge in [0, 0.05) is 11.1 Å². The highest BCUT2D eigenvalue weighted by atomic mass is 19.1. The summed E-state index contributed by atoms with van der Waals surface area (Å²) in [5.74, 6) is 0.135. The molecule has 0 unspecified atom stereocenters. The normalized spacial score (nSPS) is 11.4. The second kappa shape index (κ2) is 4.56. The molecule has 2 aromatic heterocycles. The molecule has 0 saturated heterocycles. The Bertz CT molecular complexity index is 835. The van der Waals surface area contributed by atoms with Crippen molar-refractivity contribution in [3.8, 4) is 11.4 Å². The molecule has 0 amide bonds. The number of hydrogen-bond acceptors (Lipinski definition) is 3. The molecule has 0 radical (unpaired) electrons. The Morgan fingerprint density at radius 2 is 2.05 bits per heavy atom. The molecule has 0 aliphatic rings. The number of aromatic nitrogens is 4. The number of nitrogens with zero attached hydrogens (tertiary/aromatic N) is 2. The number of hydrogen-bond donors (Lipinski definition) is 2. The van der Waals surface area contributed by atoms with Crippen LogP contribution in [0, 0.1) is 5.82 Å². The van der Waals surface area contributed by atoms with Gasteiger partial charge in [0.1, 0.15) is 11.3 Å². The van der Waals surface area contributed by atoms with Crippen LogP contribution in [0.15, 0.2) is 29.2 Å². The number of rotatable bonds is 2. The zero-order valence-electron chi connectivity index (χ0n) is 11.1. The molecule has 0 saturated carbocycles. The average molecular weight is 272 g/mol. The van der Waals surface area contributed by atoms with Crippen LogP contribution in [0.4, 0.5) is 4.39 Å². The summed E-state index contributed by atoms with van der Waals surface area (Å²) in [6, 6.07) is 4.84. The molecule has 0 atom stereocenters. The molecule has 102 valence electrons. The molecule has 2 N–H and O–H groups in total. The zero-order valence-corrected chi connectivity index (χ0v) is 11.1. The molecular weight excluding hydrogens is 259 g/mol. The van der Waals surface area contributed by atoms with Crippen molar-refractivity contribution in [2.24, 2.45) is 0 Å². The summed E-state index contributed by atoms with van der Waals surface area (Å²) < 4.78 is 14.0. The van der Waals surface area contributed by atoms with Gasteiger partial charge in [0.2, 0.25) is 0 Å². The van der Waals surface area contributed by atoms with Crippen molar-refractivity contribution in [3.63, 3.8) is 0 Å². The highest BCUT2D eigenvalue weighted by Gasteiger charge is 2.16. The van der Waals surface area contributed by atoms with E-state index in [0.717, 1.165) is 0 Å². The zero-order chi connectivity index (χ0) is 14.3. The number of halogens is 1. The maximum atomic E-state index is 14.0. The SMILES string of the molecule is CC(C)c1c(F)cccc1-c1ncc2[nH]c(=O)[nH]c2n1. The summed E-state index contributed by atoms with van der Waals surface area (Å²) in [7, 11) is 0. The quantitative estimate of drug-likeness (QED) is 0.753.